The van der Waals surface area contributed by atoms with Crippen LogP contribution in [-0.2, 0) is 4.79 Å². The van der Waals surface area contributed by atoms with Crippen molar-refractivity contribution in [1.29, 1.82) is 0 Å². The molecule has 0 spiro atoms. The quantitative estimate of drug-likeness (QED) is 0.286. The van der Waals surface area contributed by atoms with Gasteiger partial charge in [-0.15, -0.1) is 6.42 Å². The van der Waals surface area contributed by atoms with Crippen molar-refractivity contribution >= 4 is 18.0 Å². The van der Waals surface area contributed by atoms with Gasteiger partial charge in [-0.05, 0) is 5.25 Å². The van der Waals surface area contributed by atoms with Gasteiger partial charge < -0.3 is 4.79 Å². The van der Waals surface area contributed by atoms with Gasteiger partial charge in [0.15, 0.2) is 0 Å². The summed E-state index contributed by atoms with van der Waals surface area (Å²) in [7, 11) is 0. The molecule has 0 aromatic heterocycles. The fourth-order valence-electron chi connectivity index (χ4n) is 0.0821. The smallest absolute Gasteiger partial charge is 0.130 e. The Balaban J connectivity index is 2.72. The van der Waals surface area contributed by atoms with Gasteiger partial charge in [0.25, 0.3) is 0 Å². The van der Waals surface area contributed by atoms with E-state index in [0.29, 0.717) is 5.75 Å². The van der Waals surface area contributed by atoms with Crippen molar-refractivity contribution in [3.05, 3.63) is 0 Å². The van der Waals surface area contributed by atoms with Crippen molar-refractivity contribution in [2.75, 3.05) is 5.75 Å². The molecular weight excluding hydrogens is 96.1 g/mol. The first-order chi connectivity index (χ1) is 2.91. The molecule has 32 valence electrons. The van der Waals surface area contributed by atoms with E-state index in [1.165, 1.54) is 11.8 Å². The molecule has 0 saturated heterocycles. The van der Waals surface area contributed by atoms with Gasteiger partial charge in [0.2, 0.25) is 0 Å². The highest BCUT2D eigenvalue weighted by atomic mass is 32.2. The molecule has 0 N–H and O–H groups in total. The minimum atomic E-state index is 0.413. The van der Waals surface area contributed by atoms with E-state index in [2.05, 4.69) is 5.25 Å². The third-order valence-electron chi connectivity index (χ3n) is 0.235. The lowest BCUT2D eigenvalue weighted by atomic mass is 10.9. The second-order valence-electron chi connectivity index (χ2n) is 0.596. The first-order valence-corrected chi connectivity index (χ1v) is 2.41. The standard InChI is InChI=1S/C4H4OS/c1-2-6-4-3-5/h1,3H,4H2. The third-order valence-corrected chi connectivity index (χ3v) is 0.704. The second kappa shape index (κ2) is 4.58. The van der Waals surface area contributed by atoms with E-state index in [1.807, 2.05) is 0 Å². The van der Waals surface area contributed by atoms with Gasteiger partial charge in [0.05, 0.1) is 5.75 Å². The first-order valence-electron chi connectivity index (χ1n) is 1.43. The monoisotopic (exact) mass is 100.0 g/mol. The van der Waals surface area contributed by atoms with E-state index >= 15 is 0 Å². The highest BCUT2D eigenvalue weighted by molar-refractivity contribution is 8.04. The number of terminal acetylenes is 1. The molecule has 0 aliphatic rings. The van der Waals surface area contributed by atoms with Crippen LogP contribution in [0, 0.1) is 11.7 Å². The van der Waals surface area contributed by atoms with Gasteiger partial charge >= 0.3 is 0 Å². The molecule has 0 unspecified atom stereocenters. The summed E-state index contributed by atoms with van der Waals surface area (Å²) < 4.78 is 0. The highest BCUT2D eigenvalue weighted by Gasteiger charge is 1.71. The maximum atomic E-state index is 9.45. The molecule has 0 atom stereocenters. The van der Waals surface area contributed by atoms with Crippen LogP contribution in [0.1, 0.15) is 0 Å². The molecule has 2 heteroatoms. The molecule has 0 amide bonds. The Hall–Kier alpha value is -0.420. The summed E-state index contributed by atoms with van der Waals surface area (Å²) in [5, 5.41) is 2.25. The van der Waals surface area contributed by atoms with Crippen LogP contribution in [-0.4, -0.2) is 12.0 Å². The van der Waals surface area contributed by atoms with Crippen LogP contribution in [0.25, 0.3) is 0 Å². The van der Waals surface area contributed by atoms with Crippen LogP contribution in [0.4, 0.5) is 0 Å². The summed E-state index contributed by atoms with van der Waals surface area (Å²) in [4.78, 5) is 9.45. The lowest BCUT2D eigenvalue weighted by molar-refractivity contribution is -0.105. The Morgan fingerprint density at radius 3 is 2.83 bits per heavy atom. The summed E-state index contributed by atoms with van der Waals surface area (Å²) in [6.07, 6.45) is 5.55. The lowest BCUT2D eigenvalue weighted by Crippen LogP contribution is -1.70. The predicted molar refractivity (Wildman–Crippen MR) is 27.4 cm³/mol. The molecule has 1 nitrogen and oxygen atoms in total. The Morgan fingerprint density at radius 1 is 2.00 bits per heavy atom. The van der Waals surface area contributed by atoms with E-state index in [-0.39, 0.29) is 0 Å². The topological polar surface area (TPSA) is 17.1 Å². The number of carbonyl (C=O) groups excluding carboxylic acids is 1. The number of thioether (sulfide) groups is 1. The molecule has 0 aromatic carbocycles. The van der Waals surface area contributed by atoms with Crippen LogP contribution in [0.3, 0.4) is 0 Å². The maximum Gasteiger partial charge on any atom is 0.130 e. The van der Waals surface area contributed by atoms with E-state index in [4.69, 9.17) is 6.42 Å². The number of carbonyl (C=O) groups is 1. The minimum Gasteiger partial charge on any atom is -0.302 e. The Bertz CT molecular complexity index is 72.1. The minimum absolute atomic E-state index is 0.413. The van der Waals surface area contributed by atoms with Crippen molar-refractivity contribution in [2.45, 2.75) is 0 Å². The van der Waals surface area contributed by atoms with Crippen molar-refractivity contribution in [2.24, 2.45) is 0 Å². The molecule has 0 heterocycles. The van der Waals surface area contributed by atoms with Gasteiger partial charge in [0, 0.05) is 0 Å². The predicted octanol–water partition coefficient (Wildman–Crippen LogP) is 0.509. The normalized spacial score (nSPS) is 6.50. The van der Waals surface area contributed by atoms with Crippen molar-refractivity contribution < 1.29 is 4.79 Å². The summed E-state index contributed by atoms with van der Waals surface area (Å²) in [5.74, 6) is 0.413. The fraction of sp³-hybridized carbons (Fsp3) is 0.250. The van der Waals surface area contributed by atoms with Crippen molar-refractivity contribution in [1.82, 2.24) is 0 Å². The second-order valence-corrected chi connectivity index (χ2v) is 1.45. The molecule has 0 bridgehead atoms. The largest absolute Gasteiger partial charge is 0.302 e. The molecular formula is C4H4OS. The Kier molecular flexibility index (Phi) is 4.26. The Labute approximate surface area is 41.1 Å². The molecule has 0 fully saturated rings. The van der Waals surface area contributed by atoms with Gasteiger partial charge in [-0.3, -0.25) is 0 Å². The van der Waals surface area contributed by atoms with Crippen LogP contribution < -0.4 is 0 Å². The molecule has 0 aliphatic heterocycles. The van der Waals surface area contributed by atoms with E-state index < -0.39 is 0 Å². The third kappa shape index (κ3) is 3.58. The SMILES string of the molecule is C#CSCC=O. The average Bonchev–Trinajstić information content (AvgIpc) is 1.61. The zero-order valence-corrected chi connectivity index (χ0v) is 3.99. The summed E-state index contributed by atoms with van der Waals surface area (Å²) >= 11 is 1.17. The zero-order valence-electron chi connectivity index (χ0n) is 3.18. The lowest BCUT2D eigenvalue weighted by Gasteiger charge is -1.69. The highest BCUT2D eigenvalue weighted by Crippen LogP contribution is 1.88. The number of hydrogen-bond donors (Lipinski definition) is 0. The van der Waals surface area contributed by atoms with Gasteiger partial charge in [-0.2, -0.15) is 0 Å². The number of hydrogen-bond acceptors (Lipinski definition) is 2. The van der Waals surface area contributed by atoms with Crippen LogP contribution in [0.5, 0.6) is 0 Å². The van der Waals surface area contributed by atoms with E-state index in [1.54, 1.807) is 0 Å². The summed E-state index contributed by atoms with van der Waals surface area (Å²) in [6.45, 7) is 0. The van der Waals surface area contributed by atoms with E-state index in [9.17, 15) is 4.79 Å². The average molecular weight is 100 g/mol. The van der Waals surface area contributed by atoms with Gasteiger partial charge in [0.1, 0.15) is 6.29 Å². The molecule has 0 aliphatic carbocycles. The number of aldehydes is 1. The van der Waals surface area contributed by atoms with E-state index in [0.717, 1.165) is 6.29 Å². The zero-order chi connectivity index (χ0) is 4.83. The Morgan fingerprint density at radius 2 is 2.67 bits per heavy atom. The van der Waals surface area contributed by atoms with Crippen LogP contribution in [0.15, 0.2) is 0 Å². The summed E-state index contributed by atoms with van der Waals surface area (Å²) in [6, 6.07) is 0. The van der Waals surface area contributed by atoms with Crippen LogP contribution >= 0.6 is 11.8 Å². The van der Waals surface area contributed by atoms with Crippen molar-refractivity contribution in [3.63, 3.8) is 0 Å². The molecule has 0 rings (SSSR count). The molecule has 0 aromatic rings. The van der Waals surface area contributed by atoms with Gasteiger partial charge in [-0.25, -0.2) is 0 Å². The van der Waals surface area contributed by atoms with Crippen molar-refractivity contribution in [3.8, 4) is 11.7 Å². The number of rotatable bonds is 2. The van der Waals surface area contributed by atoms with Crippen LogP contribution in [0.2, 0.25) is 0 Å². The molecule has 0 radical (unpaired) electrons. The summed E-state index contributed by atoms with van der Waals surface area (Å²) in [5.41, 5.74) is 0. The maximum absolute atomic E-state index is 9.45. The molecule has 6 heavy (non-hydrogen) atoms. The fourth-order valence-corrected chi connectivity index (χ4v) is 0.246. The molecule has 0 saturated carbocycles. The van der Waals surface area contributed by atoms with Gasteiger partial charge in [-0.1, -0.05) is 11.8 Å². The first kappa shape index (κ1) is 5.58.